The van der Waals surface area contributed by atoms with Crippen LogP contribution in [0.15, 0.2) is 23.8 Å². The fourth-order valence-corrected chi connectivity index (χ4v) is 0.548. The summed E-state index contributed by atoms with van der Waals surface area (Å²) in [5, 5.41) is 16.6. The molecule has 0 aromatic carbocycles. The Bertz CT molecular complexity index is 233. The summed E-state index contributed by atoms with van der Waals surface area (Å²) in [6.45, 7) is 1.75. The Hall–Kier alpha value is -1.56. The van der Waals surface area contributed by atoms with E-state index in [1.807, 2.05) is 0 Å². The van der Waals surface area contributed by atoms with Crippen molar-refractivity contribution in [3.8, 4) is 6.07 Å². The average Bonchev–Trinajstić information content (AvgIpc) is 1.97. The molecule has 0 atom stereocenters. The SMILES string of the molecule is CCC(=CC=CC#N)C(=O)O. The van der Waals surface area contributed by atoms with Crippen LogP contribution in [0.5, 0.6) is 0 Å². The molecule has 0 bridgehead atoms. The number of allylic oxidation sites excluding steroid dienone is 3. The van der Waals surface area contributed by atoms with Crippen molar-refractivity contribution < 1.29 is 9.90 Å². The highest BCUT2D eigenvalue weighted by Crippen LogP contribution is 1.99. The monoisotopic (exact) mass is 151 g/mol. The molecule has 1 N–H and O–H groups in total. The molecular weight excluding hydrogens is 142 g/mol. The standard InChI is InChI=1S/C8H9NO2/c1-2-7(8(10)11)5-3-4-6-9/h3-5H,2H2,1H3,(H,10,11). The van der Waals surface area contributed by atoms with Crippen molar-refractivity contribution in [1.29, 1.82) is 5.26 Å². The average molecular weight is 151 g/mol. The maximum Gasteiger partial charge on any atom is 0.331 e. The summed E-state index contributed by atoms with van der Waals surface area (Å²) in [7, 11) is 0. The molecule has 11 heavy (non-hydrogen) atoms. The number of nitrogens with zero attached hydrogens (tertiary/aromatic N) is 1. The number of hydrogen-bond acceptors (Lipinski definition) is 2. The third kappa shape index (κ3) is 3.93. The molecule has 0 unspecified atom stereocenters. The van der Waals surface area contributed by atoms with Crippen LogP contribution in [0.4, 0.5) is 0 Å². The third-order valence-corrected chi connectivity index (χ3v) is 1.12. The van der Waals surface area contributed by atoms with E-state index in [4.69, 9.17) is 10.4 Å². The van der Waals surface area contributed by atoms with Crippen molar-refractivity contribution in [2.45, 2.75) is 13.3 Å². The van der Waals surface area contributed by atoms with E-state index in [0.29, 0.717) is 12.0 Å². The molecule has 3 nitrogen and oxygen atoms in total. The molecule has 0 aliphatic rings. The van der Waals surface area contributed by atoms with E-state index < -0.39 is 5.97 Å². The highest BCUT2D eigenvalue weighted by molar-refractivity contribution is 5.86. The first kappa shape index (κ1) is 9.44. The topological polar surface area (TPSA) is 61.1 Å². The van der Waals surface area contributed by atoms with Gasteiger partial charge in [-0.25, -0.2) is 4.79 Å². The summed E-state index contributed by atoms with van der Waals surface area (Å²) in [5.74, 6) is -0.935. The Morgan fingerprint density at radius 2 is 2.36 bits per heavy atom. The first-order valence-electron chi connectivity index (χ1n) is 3.21. The van der Waals surface area contributed by atoms with Crippen molar-refractivity contribution in [1.82, 2.24) is 0 Å². The summed E-state index contributed by atoms with van der Waals surface area (Å²) in [5.41, 5.74) is 0.302. The third-order valence-electron chi connectivity index (χ3n) is 1.12. The molecule has 0 radical (unpaired) electrons. The molecule has 0 fully saturated rings. The Morgan fingerprint density at radius 1 is 1.73 bits per heavy atom. The highest BCUT2D eigenvalue weighted by Gasteiger charge is 2.00. The quantitative estimate of drug-likeness (QED) is 0.377. The zero-order valence-corrected chi connectivity index (χ0v) is 6.24. The zero-order chi connectivity index (χ0) is 8.69. The minimum absolute atomic E-state index is 0.302. The molecule has 0 aromatic rings. The number of rotatable bonds is 3. The van der Waals surface area contributed by atoms with Crippen molar-refractivity contribution in [2.24, 2.45) is 0 Å². The van der Waals surface area contributed by atoms with E-state index in [9.17, 15) is 4.79 Å². The lowest BCUT2D eigenvalue weighted by Crippen LogP contribution is -1.97. The Morgan fingerprint density at radius 3 is 2.73 bits per heavy atom. The van der Waals surface area contributed by atoms with Gasteiger partial charge < -0.3 is 5.11 Å². The van der Waals surface area contributed by atoms with Crippen molar-refractivity contribution in [3.05, 3.63) is 23.8 Å². The van der Waals surface area contributed by atoms with E-state index in [0.717, 1.165) is 0 Å². The van der Waals surface area contributed by atoms with Gasteiger partial charge in [0, 0.05) is 11.6 Å². The van der Waals surface area contributed by atoms with E-state index in [1.165, 1.54) is 18.2 Å². The molecule has 0 aromatic heterocycles. The van der Waals surface area contributed by atoms with Gasteiger partial charge in [-0.05, 0) is 6.42 Å². The van der Waals surface area contributed by atoms with Crippen molar-refractivity contribution in [2.75, 3.05) is 0 Å². The van der Waals surface area contributed by atoms with Crippen LogP contribution in [0.2, 0.25) is 0 Å². The van der Waals surface area contributed by atoms with Gasteiger partial charge in [0.1, 0.15) is 0 Å². The minimum atomic E-state index is -0.935. The Kier molecular flexibility index (Phi) is 4.50. The maximum absolute atomic E-state index is 10.3. The lowest BCUT2D eigenvalue weighted by atomic mass is 10.2. The lowest BCUT2D eigenvalue weighted by molar-refractivity contribution is -0.132. The van der Waals surface area contributed by atoms with Gasteiger partial charge in [-0.3, -0.25) is 0 Å². The Balaban J connectivity index is 4.27. The molecule has 3 heteroatoms. The smallest absolute Gasteiger partial charge is 0.331 e. The molecule has 0 aliphatic carbocycles. The van der Waals surface area contributed by atoms with Crippen molar-refractivity contribution in [3.63, 3.8) is 0 Å². The first-order chi connectivity index (χ1) is 5.22. The van der Waals surface area contributed by atoms with Gasteiger partial charge >= 0.3 is 5.97 Å². The zero-order valence-electron chi connectivity index (χ0n) is 6.24. The van der Waals surface area contributed by atoms with Gasteiger partial charge in [-0.15, -0.1) is 0 Å². The number of nitriles is 1. The van der Waals surface area contributed by atoms with Crippen LogP contribution in [0.1, 0.15) is 13.3 Å². The van der Waals surface area contributed by atoms with Crippen LogP contribution in [-0.4, -0.2) is 11.1 Å². The summed E-state index contributed by atoms with van der Waals surface area (Å²) in [6.07, 6.45) is 4.54. The van der Waals surface area contributed by atoms with Gasteiger partial charge in [0.25, 0.3) is 0 Å². The van der Waals surface area contributed by atoms with Gasteiger partial charge in [0.15, 0.2) is 0 Å². The number of carboxylic acids is 1. The maximum atomic E-state index is 10.3. The fraction of sp³-hybridized carbons (Fsp3) is 0.250. The van der Waals surface area contributed by atoms with Crippen molar-refractivity contribution >= 4 is 5.97 Å². The molecule has 58 valence electrons. The minimum Gasteiger partial charge on any atom is -0.478 e. The summed E-state index contributed by atoms with van der Waals surface area (Å²) < 4.78 is 0. The number of hydrogen-bond donors (Lipinski definition) is 1. The Labute approximate surface area is 65.3 Å². The van der Waals surface area contributed by atoms with Crippen LogP contribution >= 0.6 is 0 Å². The summed E-state index contributed by atoms with van der Waals surface area (Å²) >= 11 is 0. The molecule has 0 spiro atoms. The van der Waals surface area contributed by atoms with Crippen LogP contribution < -0.4 is 0 Å². The van der Waals surface area contributed by atoms with E-state index in [1.54, 1.807) is 13.0 Å². The molecule has 0 rings (SSSR count). The number of aliphatic carboxylic acids is 1. The molecule has 0 amide bonds. The molecule has 0 saturated heterocycles. The molecule has 0 aliphatic heterocycles. The predicted molar refractivity (Wildman–Crippen MR) is 40.8 cm³/mol. The predicted octanol–water partition coefficient (Wildman–Crippen LogP) is 1.49. The van der Waals surface area contributed by atoms with E-state index in [-0.39, 0.29) is 0 Å². The number of carboxylic acid groups (broad SMARTS) is 1. The van der Waals surface area contributed by atoms with Crippen LogP contribution in [0.3, 0.4) is 0 Å². The summed E-state index contributed by atoms with van der Waals surface area (Å²) in [4.78, 5) is 10.3. The number of carbonyl (C=O) groups is 1. The second-order valence-corrected chi connectivity index (χ2v) is 1.84. The first-order valence-corrected chi connectivity index (χ1v) is 3.21. The van der Waals surface area contributed by atoms with Gasteiger partial charge in [0.05, 0.1) is 6.07 Å². The van der Waals surface area contributed by atoms with Crippen LogP contribution in [0, 0.1) is 11.3 Å². The molecular formula is C8H9NO2. The lowest BCUT2D eigenvalue weighted by Gasteiger charge is -1.92. The van der Waals surface area contributed by atoms with E-state index in [2.05, 4.69) is 0 Å². The highest BCUT2D eigenvalue weighted by atomic mass is 16.4. The second kappa shape index (κ2) is 5.24. The fourth-order valence-electron chi connectivity index (χ4n) is 0.548. The van der Waals surface area contributed by atoms with Gasteiger partial charge in [-0.1, -0.05) is 19.1 Å². The van der Waals surface area contributed by atoms with E-state index >= 15 is 0 Å². The molecule has 0 heterocycles. The summed E-state index contributed by atoms with van der Waals surface area (Å²) in [6, 6.07) is 1.77. The molecule has 0 saturated carbocycles. The van der Waals surface area contributed by atoms with Gasteiger partial charge in [-0.2, -0.15) is 5.26 Å². The second-order valence-electron chi connectivity index (χ2n) is 1.84. The van der Waals surface area contributed by atoms with Crippen LogP contribution in [0.25, 0.3) is 0 Å². The largest absolute Gasteiger partial charge is 0.478 e. The van der Waals surface area contributed by atoms with Crippen LogP contribution in [-0.2, 0) is 4.79 Å². The van der Waals surface area contributed by atoms with Gasteiger partial charge in [0.2, 0.25) is 0 Å². The normalized spacial score (nSPS) is 11.5.